The molecule has 5 heteroatoms. The van der Waals surface area contributed by atoms with Gasteiger partial charge >= 0.3 is 0 Å². The Morgan fingerprint density at radius 2 is 1.79 bits per heavy atom. The van der Waals surface area contributed by atoms with Crippen molar-refractivity contribution >= 4 is 5.91 Å². The fourth-order valence-electron chi connectivity index (χ4n) is 4.64. The molecule has 1 aromatic rings. The normalized spacial score (nSPS) is 24.6. The van der Waals surface area contributed by atoms with E-state index in [1.807, 2.05) is 6.07 Å². The van der Waals surface area contributed by atoms with Gasteiger partial charge in [-0.15, -0.1) is 0 Å². The molecule has 2 aliphatic rings. The molecule has 5 nitrogen and oxygen atoms in total. The van der Waals surface area contributed by atoms with E-state index in [0.29, 0.717) is 25.2 Å². The summed E-state index contributed by atoms with van der Waals surface area (Å²) in [5.74, 6) is 0.134. The number of nitrogens with one attached hydrogen (secondary N) is 2. The summed E-state index contributed by atoms with van der Waals surface area (Å²) < 4.78 is 5.08. The second-order valence-corrected chi connectivity index (χ2v) is 8.36. The second kappa shape index (κ2) is 11.5. The van der Waals surface area contributed by atoms with Crippen LogP contribution in [0.15, 0.2) is 30.3 Å². The molecule has 0 bridgehead atoms. The summed E-state index contributed by atoms with van der Waals surface area (Å²) in [6.07, 6.45) is 10.2. The van der Waals surface area contributed by atoms with E-state index in [9.17, 15) is 4.79 Å². The zero-order valence-electron chi connectivity index (χ0n) is 17.4. The molecule has 2 fully saturated rings. The molecular weight excluding hydrogens is 350 g/mol. The smallest absolute Gasteiger partial charge is 0.237 e. The van der Waals surface area contributed by atoms with Crippen molar-refractivity contribution in [2.75, 3.05) is 26.8 Å². The number of hydrogen-bond donors (Lipinski definition) is 2. The van der Waals surface area contributed by atoms with E-state index < -0.39 is 0 Å². The molecule has 0 aromatic heterocycles. The number of ether oxygens (including phenoxy) is 1. The molecule has 1 aliphatic carbocycles. The number of rotatable bonds is 8. The van der Waals surface area contributed by atoms with Crippen LogP contribution >= 0.6 is 0 Å². The van der Waals surface area contributed by atoms with E-state index in [0.717, 1.165) is 19.5 Å². The fraction of sp³-hybridized carbons (Fsp3) is 0.696. The number of carbonyl (C=O) groups is 1. The van der Waals surface area contributed by atoms with Gasteiger partial charge < -0.3 is 15.4 Å². The largest absolute Gasteiger partial charge is 0.383 e. The Morgan fingerprint density at radius 1 is 1.07 bits per heavy atom. The minimum Gasteiger partial charge on any atom is -0.383 e. The average molecular weight is 388 g/mol. The Balaban J connectivity index is 1.60. The molecule has 1 aliphatic heterocycles. The van der Waals surface area contributed by atoms with Gasteiger partial charge in [0.25, 0.3) is 0 Å². The Bertz CT molecular complexity index is 572. The summed E-state index contributed by atoms with van der Waals surface area (Å²) >= 11 is 0. The topological polar surface area (TPSA) is 53.6 Å². The summed E-state index contributed by atoms with van der Waals surface area (Å²) in [5, 5.41) is 6.96. The number of likely N-dealkylation sites (tertiary alicyclic amines) is 1. The first-order valence-corrected chi connectivity index (χ1v) is 11.1. The third-order valence-corrected chi connectivity index (χ3v) is 6.12. The third kappa shape index (κ3) is 6.57. The lowest BCUT2D eigenvalue weighted by molar-refractivity contribution is -0.125. The summed E-state index contributed by atoms with van der Waals surface area (Å²) in [5.41, 5.74) is 1.27. The van der Waals surface area contributed by atoms with Crippen LogP contribution in [0, 0.1) is 0 Å². The van der Waals surface area contributed by atoms with Crippen LogP contribution in [0.4, 0.5) is 0 Å². The molecule has 3 rings (SSSR count). The molecule has 156 valence electrons. The van der Waals surface area contributed by atoms with Crippen molar-refractivity contribution in [3.8, 4) is 0 Å². The van der Waals surface area contributed by atoms with Crippen LogP contribution in [-0.2, 0) is 16.1 Å². The quantitative estimate of drug-likeness (QED) is 0.673. The number of hydrogen-bond acceptors (Lipinski definition) is 4. The van der Waals surface area contributed by atoms with Crippen LogP contribution in [0.3, 0.4) is 0 Å². The molecule has 0 radical (unpaired) electrons. The second-order valence-electron chi connectivity index (χ2n) is 8.36. The zero-order valence-corrected chi connectivity index (χ0v) is 17.4. The number of nitrogens with zero attached hydrogens (tertiary/aromatic N) is 1. The van der Waals surface area contributed by atoms with Gasteiger partial charge in [0.05, 0.1) is 12.6 Å². The van der Waals surface area contributed by atoms with Gasteiger partial charge in [-0.25, -0.2) is 0 Å². The zero-order chi connectivity index (χ0) is 19.6. The molecule has 1 saturated heterocycles. The molecule has 1 aromatic carbocycles. The molecule has 1 saturated carbocycles. The van der Waals surface area contributed by atoms with Gasteiger partial charge in [-0.3, -0.25) is 9.69 Å². The van der Waals surface area contributed by atoms with Crippen molar-refractivity contribution in [3.05, 3.63) is 35.9 Å². The Morgan fingerprint density at radius 3 is 2.50 bits per heavy atom. The monoisotopic (exact) mass is 387 g/mol. The van der Waals surface area contributed by atoms with E-state index in [1.54, 1.807) is 7.11 Å². The van der Waals surface area contributed by atoms with Crippen molar-refractivity contribution in [2.24, 2.45) is 0 Å². The van der Waals surface area contributed by atoms with Gasteiger partial charge in [0.2, 0.25) is 5.91 Å². The van der Waals surface area contributed by atoms with Gasteiger partial charge in [-0.1, -0.05) is 62.4 Å². The average Bonchev–Trinajstić information content (AvgIpc) is 3.07. The fourth-order valence-corrected chi connectivity index (χ4v) is 4.64. The summed E-state index contributed by atoms with van der Waals surface area (Å²) in [4.78, 5) is 15.2. The third-order valence-electron chi connectivity index (χ3n) is 6.12. The molecular formula is C23H37N3O2. The Hall–Kier alpha value is -1.43. The minimum absolute atomic E-state index is 0.0666. The first-order valence-electron chi connectivity index (χ1n) is 11.1. The number of carbonyl (C=O) groups excluding carboxylic acids is 1. The maximum Gasteiger partial charge on any atom is 0.237 e. The predicted molar refractivity (Wildman–Crippen MR) is 113 cm³/mol. The van der Waals surface area contributed by atoms with E-state index in [4.69, 9.17) is 4.74 Å². The lowest BCUT2D eigenvalue weighted by atomic mass is 9.96. The van der Waals surface area contributed by atoms with Gasteiger partial charge in [0.15, 0.2) is 0 Å². The molecule has 1 heterocycles. The predicted octanol–water partition coefficient (Wildman–Crippen LogP) is 3.09. The molecule has 1 amide bonds. The van der Waals surface area contributed by atoms with Crippen molar-refractivity contribution in [1.29, 1.82) is 0 Å². The lowest BCUT2D eigenvalue weighted by Gasteiger charge is -2.25. The number of methoxy groups -OCH3 is 1. The van der Waals surface area contributed by atoms with Crippen LogP contribution in [0.5, 0.6) is 0 Å². The van der Waals surface area contributed by atoms with Crippen molar-refractivity contribution in [1.82, 2.24) is 15.5 Å². The standard InChI is InChI=1S/C23H37N3O2/c1-28-15-14-24-23(27)22-16-21(25-20-12-8-3-2-4-9-13-20)18-26(22)17-19-10-6-5-7-11-19/h5-7,10-11,20-22,25H,2-4,8-9,12-18H2,1H3,(H,24,27)/t21-,22+/m1/s1. The SMILES string of the molecule is COCCNC(=O)[C@@H]1C[C@@H](NC2CCCCCCC2)CN1Cc1ccccc1. The minimum atomic E-state index is -0.0666. The first kappa shape index (κ1) is 21.3. The molecule has 0 unspecified atom stereocenters. The molecule has 0 spiro atoms. The highest BCUT2D eigenvalue weighted by Gasteiger charge is 2.37. The van der Waals surface area contributed by atoms with Crippen LogP contribution in [0.25, 0.3) is 0 Å². The van der Waals surface area contributed by atoms with E-state index in [-0.39, 0.29) is 11.9 Å². The molecule has 2 atom stereocenters. The number of benzene rings is 1. The van der Waals surface area contributed by atoms with E-state index >= 15 is 0 Å². The van der Waals surface area contributed by atoms with Crippen LogP contribution in [0.1, 0.15) is 56.9 Å². The summed E-state index contributed by atoms with van der Waals surface area (Å²) in [7, 11) is 1.67. The van der Waals surface area contributed by atoms with Crippen LogP contribution in [-0.4, -0.2) is 55.7 Å². The highest BCUT2D eigenvalue weighted by atomic mass is 16.5. The molecule has 28 heavy (non-hydrogen) atoms. The highest BCUT2D eigenvalue weighted by molar-refractivity contribution is 5.82. The lowest BCUT2D eigenvalue weighted by Crippen LogP contribution is -2.43. The Kier molecular flexibility index (Phi) is 8.77. The van der Waals surface area contributed by atoms with Gasteiger partial charge in [0.1, 0.15) is 0 Å². The van der Waals surface area contributed by atoms with Crippen LogP contribution < -0.4 is 10.6 Å². The van der Waals surface area contributed by atoms with Gasteiger partial charge in [-0.05, 0) is 24.8 Å². The summed E-state index contributed by atoms with van der Waals surface area (Å²) in [6, 6.07) is 11.4. The number of amides is 1. The van der Waals surface area contributed by atoms with Gasteiger partial charge in [-0.2, -0.15) is 0 Å². The Labute approximate surface area is 170 Å². The first-order chi connectivity index (χ1) is 13.8. The highest BCUT2D eigenvalue weighted by Crippen LogP contribution is 2.24. The van der Waals surface area contributed by atoms with Crippen LogP contribution in [0.2, 0.25) is 0 Å². The van der Waals surface area contributed by atoms with E-state index in [1.165, 1.54) is 50.5 Å². The van der Waals surface area contributed by atoms with Crippen molar-refractivity contribution in [2.45, 2.75) is 76.0 Å². The van der Waals surface area contributed by atoms with E-state index in [2.05, 4.69) is 39.8 Å². The molecule has 2 N–H and O–H groups in total. The maximum atomic E-state index is 12.8. The summed E-state index contributed by atoms with van der Waals surface area (Å²) in [6.45, 7) is 2.90. The maximum absolute atomic E-state index is 12.8. The van der Waals surface area contributed by atoms with Crippen molar-refractivity contribution in [3.63, 3.8) is 0 Å². The van der Waals surface area contributed by atoms with Gasteiger partial charge in [0, 0.05) is 38.8 Å². The van der Waals surface area contributed by atoms with Crippen molar-refractivity contribution < 1.29 is 9.53 Å².